The van der Waals surface area contributed by atoms with Crippen molar-refractivity contribution in [1.82, 2.24) is 10.3 Å². The van der Waals surface area contributed by atoms with E-state index in [-0.39, 0.29) is 23.4 Å². The van der Waals surface area contributed by atoms with E-state index in [2.05, 4.69) is 10.3 Å². The van der Waals surface area contributed by atoms with Crippen LogP contribution in [0.5, 0.6) is 0 Å². The predicted octanol–water partition coefficient (Wildman–Crippen LogP) is 1.09. The first-order valence-corrected chi connectivity index (χ1v) is 6.06. The second kappa shape index (κ2) is 6.85. The molecule has 1 heterocycles. The number of halogens is 1. The second-order valence-corrected chi connectivity index (χ2v) is 4.51. The predicted molar refractivity (Wildman–Crippen MR) is 69.7 cm³/mol. The van der Waals surface area contributed by atoms with Crippen LogP contribution in [0, 0.1) is 6.92 Å². The number of aromatic nitrogens is 1. The number of carboxylic acids is 2. The number of amides is 1. The summed E-state index contributed by atoms with van der Waals surface area (Å²) in [6.45, 7) is 1.69. The minimum absolute atomic E-state index is 0.0406. The highest BCUT2D eigenvalue weighted by molar-refractivity contribution is 6.33. The topological polar surface area (TPSA) is 117 Å². The van der Waals surface area contributed by atoms with Gasteiger partial charge in [-0.2, -0.15) is 0 Å². The first-order chi connectivity index (χ1) is 9.31. The highest BCUT2D eigenvalue weighted by Gasteiger charge is 2.22. The zero-order valence-electron chi connectivity index (χ0n) is 10.6. The zero-order valence-corrected chi connectivity index (χ0v) is 11.3. The summed E-state index contributed by atoms with van der Waals surface area (Å²) >= 11 is 5.87. The Labute approximate surface area is 119 Å². The van der Waals surface area contributed by atoms with Crippen LogP contribution < -0.4 is 5.32 Å². The Hall–Kier alpha value is -2.15. The Bertz CT molecular complexity index is 547. The van der Waals surface area contributed by atoms with Crippen LogP contribution in [-0.2, 0) is 9.59 Å². The fourth-order valence-corrected chi connectivity index (χ4v) is 1.75. The molecule has 1 rings (SSSR count). The van der Waals surface area contributed by atoms with Gasteiger partial charge in [0.15, 0.2) is 0 Å². The molecule has 20 heavy (non-hydrogen) atoms. The van der Waals surface area contributed by atoms with Gasteiger partial charge in [0.1, 0.15) is 6.04 Å². The summed E-state index contributed by atoms with van der Waals surface area (Å²) in [5, 5.41) is 19.8. The van der Waals surface area contributed by atoms with Crippen LogP contribution in [0.4, 0.5) is 0 Å². The van der Waals surface area contributed by atoms with E-state index >= 15 is 0 Å². The molecule has 1 atom stereocenters. The zero-order chi connectivity index (χ0) is 15.3. The lowest BCUT2D eigenvalue weighted by atomic mass is 10.1. The molecule has 0 fully saturated rings. The standard InChI is InChI=1S/C12H13ClN2O5/c1-6-4-8(13)7(5-14-6)11(18)15-9(12(19)20)2-3-10(16)17/h4-5,9H,2-3H2,1H3,(H,15,18)(H,16,17)(H,19,20)/t9-/m0/s1. The molecule has 0 aliphatic carbocycles. The molecule has 0 saturated heterocycles. The first kappa shape index (κ1) is 15.9. The number of nitrogens with zero attached hydrogens (tertiary/aromatic N) is 1. The van der Waals surface area contributed by atoms with Crippen LogP contribution in [-0.4, -0.2) is 39.1 Å². The van der Waals surface area contributed by atoms with E-state index in [9.17, 15) is 14.4 Å². The van der Waals surface area contributed by atoms with Gasteiger partial charge in [0, 0.05) is 18.3 Å². The largest absolute Gasteiger partial charge is 0.481 e. The van der Waals surface area contributed by atoms with Gasteiger partial charge in [-0.05, 0) is 19.4 Å². The molecular weight excluding hydrogens is 288 g/mol. The van der Waals surface area contributed by atoms with E-state index < -0.39 is 23.9 Å². The van der Waals surface area contributed by atoms with Gasteiger partial charge in [-0.25, -0.2) is 4.79 Å². The van der Waals surface area contributed by atoms with Gasteiger partial charge in [0.05, 0.1) is 10.6 Å². The molecule has 0 bridgehead atoms. The number of carboxylic acid groups (broad SMARTS) is 2. The highest BCUT2D eigenvalue weighted by Crippen LogP contribution is 2.16. The van der Waals surface area contributed by atoms with Crippen molar-refractivity contribution in [3.8, 4) is 0 Å². The van der Waals surface area contributed by atoms with Crippen molar-refractivity contribution in [2.24, 2.45) is 0 Å². The van der Waals surface area contributed by atoms with E-state index in [1.807, 2.05) is 0 Å². The van der Waals surface area contributed by atoms with E-state index in [0.717, 1.165) is 0 Å². The summed E-state index contributed by atoms with van der Waals surface area (Å²) in [5.74, 6) is -3.16. The SMILES string of the molecule is Cc1cc(Cl)c(C(=O)N[C@@H](CCC(=O)O)C(=O)O)cn1. The fourth-order valence-electron chi connectivity index (χ4n) is 1.45. The molecule has 0 radical (unpaired) electrons. The Kier molecular flexibility index (Phi) is 5.45. The Balaban J connectivity index is 2.80. The number of hydrogen-bond acceptors (Lipinski definition) is 4. The average molecular weight is 301 g/mol. The molecule has 1 aromatic heterocycles. The van der Waals surface area contributed by atoms with Gasteiger partial charge >= 0.3 is 11.9 Å². The van der Waals surface area contributed by atoms with Crippen molar-refractivity contribution >= 4 is 29.4 Å². The Morgan fingerprint density at radius 1 is 1.40 bits per heavy atom. The third kappa shape index (κ3) is 4.51. The maximum absolute atomic E-state index is 11.9. The summed E-state index contributed by atoms with van der Waals surface area (Å²) in [7, 11) is 0. The third-order valence-corrected chi connectivity index (χ3v) is 2.80. The maximum Gasteiger partial charge on any atom is 0.326 e. The molecule has 0 aromatic carbocycles. The number of rotatable bonds is 6. The smallest absolute Gasteiger partial charge is 0.326 e. The molecular formula is C12H13ClN2O5. The quantitative estimate of drug-likeness (QED) is 0.724. The number of aryl methyl sites for hydroxylation is 1. The lowest BCUT2D eigenvalue weighted by molar-refractivity contribution is -0.140. The lowest BCUT2D eigenvalue weighted by Crippen LogP contribution is -2.41. The summed E-state index contributed by atoms with van der Waals surface area (Å²) in [6, 6.07) is 0.180. The molecule has 0 aliphatic heterocycles. The molecule has 3 N–H and O–H groups in total. The molecule has 1 amide bonds. The van der Waals surface area contributed by atoms with Gasteiger partial charge < -0.3 is 15.5 Å². The van der Waals surface area contributed by atoms with Gasteiger partial charge in [0.25, 0.3) is 5.91 Å². The van der Waals surface area contributed by atoms with Crippen molar-refractivity contribution in [2.75, 3.05) is 0 Å². The molecule has 8 heteroatoms. The summed E-state index contributed by atoms with van der Waals surface area (Å²) in [4.78, 5) is 37.2. The molecule has 0 aliphatic rings. The molecule has 1 aromatic rings. The fraction of sp³-hybridized carbons (Fsp3) is 0.333. The highest BCUT2D eigenvalue weighted by atomic mass is 35.5. The Morgan fingerprint density at radius 3 is 2.55 bits per heavy atom. The number of carbonyl (C=O) groups excluding carboxylic acids is 1. The van der Waals surface area contributed by atoms with Crippen molar-refractivity contribution < 1.29 is 24.6 Å². The van der Waals surface area contributed by atoms with Gasteiger partial charge in [0.2, 0.25) is 0 Å². The van der Waals surface area contributed by atoms with Crippen LogP contribution in [0.3, 0.4) is 0 Å². The molecule has 7 nitrogen and oxygen atoms in total. The second-order valence-electron chi connectivity index (χ2n) is 4.10. The van der Waals surface area contributed by atoms with Crippen molar-refractivity contribution in [1.29, 1.82) is 0 Å². The average Bonchev–Trinajstić information content (AvgIpc) is 2.33. The number of hydrogen-bond donors (Lipinski definition) is 3. The van der Waals surface area contributed by atoms with Crippen LogP contribution >= 0.6 is 11.6 Å². The van der Waals surface area contributed by atoms with E-state index in [1.54, 1.807) is 6.92 Å². The third-order valence-electron chi connectivity index (χ3n) is 2.49. The van der Waals surface area contributed by atoms with E-state index in [1.165, 1.54) is 12.3 Å². The number of aliphatic carboxylic acids is 2. The van der Waals surface area contributed by atoms with E-state index in [0.29, 0.717) is 5.69 Å². The minimum atomic E-state index is -1.31. The number of nitrogens with one attached hydrogen (secondary N) is 1. The summed E-state index contributed by atoms with van der Waals surface area (Å²) in [5.41, 5.74) is 0.658. The van der Waals surface area contributed by atoms with Crippen LogP contribution in [0.2, 0.25) is 5.02 Å². The van der Waals surface area contributed by atoms with E-state index in [4.69, 9.17) is 21.8 Å². The molecule has 0 unspecified atom stereocenters. The minimum Gasteiger partial charge on any atom is -0.481 e. The van der Waals surface area contributed by atoms with Crippen LogP contribution in [0.25, 0.3) is 0 Å². The molecule has 0 spiro atoms. The van der Waals surface area contributed by atoms with Gasteiger partial charge in [-0.1, -0.05) is 11.6 Å². The van der Waals surface area contributed by atoms with Crippen molar-refractivity contribution in [2.45, 2.75) is 25.8 Å². The van der Waals surface area contributed by atoms with Crippen molar-refractivity contribution in [3.63, 3.8) is 0 Å². The van der Waals surface area contributed by atoms with Crippen LogP contribution in [0.15, 0.2) is 12.3 Å². The molecule has 108 valence electrons. The summed E-state index contributed by atoms with van der Waals surface area (Å²) < 4.78 is 0. The van der Waals surface area contributed by atoms with Gasteiger partial charge in [-0.3, -0.25) is 14.6 Å². The normalized spacial score (nSPS) is 11.7. The van der Waals surface area contributed by atoms with Gasteiger partial charge in [-0.15, -0.1) is 0 Å². The monoisotopic (exact) mass is 300 g/mol. The van der Waals surface area contributed by atoms with Crippen molar-refractivity contribution in [3.05, 3.63) is 28.5 Å². The maximum atomic E-state index is 11.9. The van der Waals surface area contributed by atoms with Crippen LogP contribution in [0.1, 0.15) is 28.9 Å². The molecule has 0 saturated carbocycles. The lowest BCUT2D eigenvalue weighted by Gasteiger charge is -2.14. The Morgan fingerprint density at radius 2 is 2.05 bits per heavy atom. The summed E-state index contributed by atoms with van der Waals surface area (Å²) in [6.07, 6.45) is 0.660. The number of carbonyl (C=O) groups is 3. The first-order valence-electron chi connectivity index (χ1n) is 5.69. The number of pyridine rings is 1.